The molecule has 9 aromatic rings. The fourth-order valence-corrected chi connectivity index (χ4v) is 8.57. The molecule has 0 unspecified atom stereocenters. The molecule has 0 radical (unpaired) electrons. The first-order valence-corrected chi connectivity index (χ1v) is 17.5. The Hall–Kier alpha value is -5.48. The lowest BCUT2D eigenvalue weighted by atomic mass is 10.0. The molecule has 222 valence electrons. The predicted octanol–water partition coefficient (Wildman–Crippen LogP) is 13.2. The van der Waals surface area contributed by atoms with E-state index in [1.54, 1.807) is 0 Å². The van der Waals surface area contributed by atoms with E-state index in [9.17, 15) is 0 Å². The molecule has 0 fully saturated rings. The highest BCUT2D eigenvalue weighted by Gasteiger charge is 2.14. The molecule has 3 aromatic heterocycles. The standard InChI is InChI=1S/C44H29NS2/c1-3-9-31(10-4-1)41-25-27-43(46-41)33-17-15-30(16-18-33)35-21-24-40-38(29-35)37-13-7-8-14-39(37)45(40)36-22-19-34(20-23-36)44-28-26-42(47-44)32-11-5-2-6-12-32/h1-29H. The quantitative estimate of drug-likeness (QED) is 0.171. The summed E-state index contributed by atoms with van der Waals surface area (Å²) in [6.07, 6.45) is 0. The molecule has 0 aliphatic carbocycles. The van der Waals surface area contributed by atoms with Gasteiger partial charge in [0.05, 0.1) is 11.0 Å². The number of nitrogens with zero attached hydrogens (tertiary/aromatic N) is 1. The number of hydrogen-bond donors (Lipinski definition) is 0. The lowest BCUT2D eigenvalue weighted by Gasteiger charge is -2.09. The number of benzene rings is 6. The van der Waals surface area contributed by atoms with Crippen LogP contribution in [0.5, 0.6) is 0 Å². The van der Waals surface area contributed by atoms with Gasteiger partial charge in [-0.15, -0.1) is 22.7 Å². The van der Waals surface area contributed by atoms with E-state index in [-0.39, 0.29) is 0 Å². The van der Waals surface area contributed by atoms with Gasteiger partial charge in [-0.05, 0) is 88.0 Å². The van der Waals surface area contributed by atoms with Crippen molar-refractivity contribution in [2.24, 2.45) is 0 Å². The minimum absolute atomic E-state index is 1.17. The van der Waals surface area contributed by atoms with E-state index < -0.39 is 0 Å². The summed E-state index contributed by atoms with van der Waals surface area (Å²) in [7, 11) is 0. The van der Waals surface area contributed by atoms with E-state index in [0.717, 1.165) is 0 Å². The normalized spacial score (nSPS) is 11.4. The van der Waals surface area contributed by atoms with E-state index in [2.05, 4.69) is 180 Å². The SMILES string of the molecule is c1ccc(-c2ccc(-c3ccc(-c4ccc5c(c4)c4ccccc4n5-c4ccc(-c5ccc(-c6ccccc6)s5)cc4)cc3)s2)cc1. The summed E-state index contributed by atoms with van der Waals surface area (Å²) in [4.78, 5) is 5.16. The van der Waals surface area contributed by atoms with E-state index in [0.29, 0.717) is 0 Å². The fourth-order valence-electron chi connectivity index (χ4n) is 6.53. The zero-order chi connectivity index (χ0) is 31.2. The molecule has 0 atom stereocenters. The third kappa shape index (κ3) is 5.11. The smallest absolute Gasteiger partial charge is 0.0541 e. The summed E-state index contributed by atoms with van der Waals surface area (Å²) >= 11 is 3.68. The number of hydrogen-bond acceptors (Lipinski definition) is 2. The average molecular weight is 636 g/mol. The number of aromatic nitrogens is 1. The molecule has 0 spiro atoms. The van der Waals surface area contributed by atoms with Gasteiger partial charge in [0.25, 0.3) is 0 Å². The molecule has 47 heavy (non-hydrogen) atoms. The van der Waals surface area contributed by atoms with Crippen LogP contribution in [0.2, 0.25) is 0 Å². The van der Waals surface area contributed by atoms with Gasteiger partial charge in [-0.25, -0.2) is 0 Å². The monoisotopic (exact) mass is 635 g/mol. The molecule has 0 aliphatic rings. The van der Waals surface area contributed by atoms with Crippen LogP contribution in [0.1, 0.15) is 0 Å². The van der Waals surface area contributed by atoms with Crippen molar-refractivity contribution < 1.29 is 0 Å². The molecular weight excluding hydrogens is 607 g/mol. The van der Waals surface area contributed by atoms with E-state index in [1.807, 2.05) is 22.7 Å². The number of fused-ring (bicyclic) bond motifs is 3. The second-order valence-corrected chi connectivity index (χ2v) is 13.9. The van der Waals surface area contributed by atoms with Gasteiger partial charge in [0.2, 0.25) is 0 Å². The molecule has 6 aromatic carbocycles. The minimum Gasteiger partial charge on any atom is -0.309 e. The summed E-state index contributed by atoms with van der Waals surface area (Å²) in [6, 6.07) is 63.8. The van der Waals surface area contributed by atoms with Crippen molar-refractivity contribution in [1.29, 1.82) is 0 Å². The molecule has 3 heteroatoms. The zero-order valence-corrected chi connectivity index (χ0v) is 27.1. The maximum atomic E-state index is 2.40. The Balaban J connectivity index is 1.04. The lowest BCUT2D eigenvalue weighted by molar-refractivity contribution is 1.18. The molecule has 0 saturated heterocycles. The van der Waals surface area contributed by atoms with Crippen molar-refractivity contribution >= 4 is 44.5 Å². The first kappa shape index (κ1) is 27.8. The summed E-state index contributed by atoms with van der Waals surface area (Å²) in [5.41, 5.74) is 11.1. The largest absolute Gasteiger partial charge is 0.309 e. The number of para-hydroxylation sites is 1. The van der Waals surface area contributed by atoms with Crippen LogP contribution in [0, 0.1) is 0 Å². The Bertz CT molecular complexity index is 2480. The van der Waals surface area contributed by atoms with Crippen LogP contribution in [0.3, 0.4) is 0 Å². The molecule has 0 bridgehead atoms. The first-order valence-electron chi connectivity index (χ1n) is 15.8. The molecule has 0 saturated carbocycles. The van der Waals surface area contributed by atoms with Gasteiger partial charge in [-0.1, -0.05) is 121 Å². The van der Waals surface area contributed by atoms with E-state index in [1.165, 1.54) is 80.4 Å². The third-order valence-electron chi connectivity index (χ3n) is 8.91. The Morgan fingerprint density at radius 1 is 0.298 bits per heavy atom. The zero-order valence-electron chi connectivity index (χ0n) is 25.5. The maximum absolute atomic E-state index is 2.40. The highest BCUT2D eigenvalue weighted by molar-refractivity contribution is 7.19. The molecule has 0 amide bonds. The second-order valence-electron chi connectivity index (χ2n) is 11.8. The predicted molar refractivity (Wildman–Crippen MR) is 204 cm³/mol. The summed E-state index contributed by atoms with van der Waals surface area (Å²) in [5.74, 6) is 0. The van der Waals surface area contributed by atoms with Crippen LogP contribution in [-0.4, -0.2) is 4.57 Å². The highest BCUT2D eigenvalue weighted by atomic mass is 32.1. The Morgan fingerprint density at radius 3 is 1.30 bits per heavy atom. The van der Waals surface area contributed by atoms with Crippen molar-refractivity contribution in [2.45, 2.75) is 0 Å². The Labute approximate surface area is 282 Å². The summed E-state index contributed by atoms with van der Waals surface area (Å²) < 4.78 is 2.40. The van der Waals surface area contributed by atoms with Crippen molar-refractivity contribution in [2.75, 3.05) is 0 Å². The summed E-state index contributed by atoms with van der Waals surface area (Å²) in [5, 5.41) is 2.53. The molecule has 0 N–H and O–H groups in total. The average Bonchev–Trinajstić information content (AvgIpc) is 3.91. The molecule has 9 rings (SSSR count). The van der Waals surface area contributed by atoms with E-state index in [4.69, 9.17) is 0 Å². The minimum atomic E-state index is 1.17. The van der Waals surface area contributed by atoms with Gasteiger partial charge in [0.15, 0.2) is 0 Å². The van der Waals surface area contributed by atoms with Crippen LogP contribution in [0.4, 0.5) is 0 Å². The van der Waals surface area contributed by atoms with E-state index >= 15 is 0 Å². The third-order valence-corrected chi connectivity index (χ3v) is 11.3. The van der Waals surface area contributed by atoms with Gasteiger partial charge in [0, 0.05) is 36.0 Å². The molecule has 1 nitrogen and oxygen atoms in total. The van der Waals surface area contributed by atoms with Crippen LogP contribution < -0.4 is 0 Å². The van der Waals surface area contributed by atoms with Crippen molar-refractivity contribution in [1.82, 2.24) is 4.57 Å². The highest BCUT2D eigenvalue weighted by Crippen LogP contribution is 2.39. The summed E-state index contributed by atoms with van der Waals surface area (Å²) in [6.45, 7) is 0. The fraction of sp³-hybridized carbons (Fsp3) is 0. The topological polar surface area (TPSA) is 4.93 Å². The van der Waals surface area contributed by atoms with Crippen molar-refractivity contribution in [3.8, 4) is 58.6 Å². The van der Waals surface area contributed by atoms with Gasteiger partial charge in [0.1, 0.15) is 0 Å². The van der Waals surface area contributed by atoms with Gasteiger partial charge < -0.3 is 4.57 Å². The Morgan fingerprint density at radius 2 is 0.723 bits per heavy atom. The second kappa shape index (κ2) is 11.7. The molecule has 3 heterocycles. The van der Waals surface area contributed by atoms with Crippen LogP contribution in [0.25, 0.3) is 80.4 Å². The number of thiophene rings is 2. The lowest BCUT2D eigenvalue weighted by Crippen LogP contribution is -1.93. The van der Waals surface area contributed by atoms with Gasteiger partial charge in [-0.3, -0.25) is 0 Å². The molecule has 0 aliphatic heterocycles. The number of rotatable bonds is 6. The van der Waals surface area contributed by atoms with Gasteiger partial charge in [-0.2, -0.15) is 0 Å². The van der Waals surface area contributed by atoms with Crippen LogP contribution in [0.15, 0.2) is 176 Å². The van der Waals surface area contributed by atoms with Crippen LogP contribution in [-0.2, 0) is 0 Å². The van der Waals surface area contributed by atoms with Crippen LogP contribution >= 0.6 is 22.7 Å². The Kier molecular flexibility index (Phi) is 6.93. The van der Waals surface area contributed by atoms with Crippen molar-refractivity contribution in [3.63, 3.8) is 0 Å². The van der Waals surface area contributed by atoms with Crippen molar-refractivity contribution in [3.05, 3.63) is 176 Å². The molecular formula is C44H29NS2. The van der Waals surface area contributed by atoms with Gasteiger partial charge >= 0.3 is 0 Å². The maximum Gasteiger partial charge on any atom is 0.0541 e. The first-order chi connectivity index (χ1) is 23.3.